The van der Waals surface area contributed by atoms with E-state index in [1.165, 1.54) is 70.6 Å². The van der Waals surface area contributed by atoms with Crippen LogP contribution >= 0.6 is 0 Å². The van der Waals surface area contributed by atoms with Crippen molar-refractivity contribution in [3.8, 4) is 0 Å². The molecule has 29 heavy (non-hydrogen) atoms. The molecule has 0 aliphatic carbocycles. The summed E-state index contributed by atoms with van der Waals surface area (Å²) in [5, 5.41) is 12.4. The molecular weight excluding hydrogens is 358 g/mol. The standard InChI is InChI=1S/C26H43NO2/c1-2-3-4-5-6-7-8-9-10-11-12-13-14-15-19-22-26(29)27-25(23-28)24-20-17-16-18-21-24/h9-10,16-18,20-21,25,28H,2-8,11-15,19,22-23H2,1H3,(H,27,29)/b10-9-/t25-/m1/s1. The van der Waals surface area contributed by atoms with Crippen molar-refractivity contribution < 1.29 is 9.90 Å². The van der Waals surface area contributed by atoms with Crippen molar-refractivity contribution in [1.29, 1.82) is 0 Å². The van der Waals surface area contributed by atoms with E-state index in [1.807, 2.05) is 30.3 Å². The van der Waals surface area contributed by atoms with Crippen molar-refractivity contribution in [2.24, 2.45) is 0 Å². The van der Waals surface area contributed by atoms with Crippen LogP contribution in [0, 0.1) is 0 Å². The minimum absolute atomic E-state index is 0.0329. The number of allylic oxidation sites excluding steroid dienone is 2. The van der Waals surface area contributed by atoms with E-state index in [4.69, 9.17) is 0 Å². The molecule has 1 atom stereocenters. The molecule has 0 aliphatic heterocycles. The summed E-state index contributed by atoms with van der Waals surface area (Å²) in [5.74, 6) is 0.0329. The number of benzene rings is 1. The van der Waals surface area contributed by atoms with Gasteiger partial charge in [-0.2, -0.15) is 0 Å². The first-order valence-corrected chi connectivity index (χ1v) is 11.9. The zero-order valence-corrected chi connectivity index (χ0v) is 18.6. The molecule has 164 valence electrons. The third-order valence-electron chi connectivity index (χ3n) is 5.39. The molecule has 0 spiro atoms. The van der Waals surface area contributed by atoms with Gasteiger partial charge in [0.2, 0.25) is 5.91 Å². The number of aliphatic hydroxyl groups excluding tert-OH is 1. The molecule has 1 rings (SSSR count). The van der Waals surface area contributed by atoms with E-state index < -0.39 is 0 Å². The molecule has 0 bridgehead atoms. The van der Waals surface area contributed by atoms with Crippen LogP contribution in [0.2, 0.25) is 0 Å². The van der Waals surface area contributed by atoms with E-state index in [0.29, 0.717) is 6.42 Å². The number of unbranched alkanes of at least 4 members (excludes halogenated alkanes) is 11. The van der Waals surface area contributed by atoms with E-state index in [1.54, 1.807) is 0 Å². The van der Waals surface area contributed by atoms with Crippen LogP contribution in [0.15, 0.2) is 42.5 Å². The average Bonchev–Trinajstić information content (AvgIpc) is 2.75. The van der Waals surface area contributed by atoms with Gasteiger partial charge in [0.25, 0.3) is 0 Å². The van der Waals surface area contributed by atoms with Gasteiger partial charge in [-0.1, -0.05) is 101 Å². The number of carbonyl (C=O) groups is 1. The Kier molecular flexibility index (Phi) is 16.2. The molecule has 1 aromatic carbocycles. The van der Waals surface area contributed by atoms with Crippen LogP contribution < -0.4 is 5.32 Å². The molecule has 3 heteroatoms. The van der Waals surface area contributed by atoms with Crippen molar-refractivity contribution in [3.05, 3.63) is 48.0 Å². The number of carbonyl (C=O) groups excluding carboxylic acids is 1. The van der Waals surface area contributed by atoms with Gasteiger partial charge in [-0.15, -0.1) is 0 Å². The molecule has 3 nitrogen and oxygen atoms in total. The normalized spacial score (nSPS) is 12.3. The van der Waals surface area contributed by atoms with Gasteiger partial charge in [-0.05, 0) is 37.7 Å². The quantitative estimate of drug-likeness (QED) is 0.208. The average molecular weight is 402 g/mol. The van der Waals surface area contributed by atoms with E-state index in [9.17, 15) is 9.90 Å². The molecule has 0 unspecified atom stereocenters. The van der Waals surface area contributed by atoms with Gasteiger partial charge in [0, 0.05) is 6.42 Å². The lowest BCUT2D eigenvalue weighted by molar-refractivity contribution is -0.122. The third-order valence-corrected chi connectivity index (χ3v) is 5.39. The highest BCUT2D eigenvalue weighted by Gasteiger charge is 2.12. The summed E-state index contributed by atoms with van der Waals surface area (Å²) in [6.45, 7) is 2.20. The van der Waals surface area contributed by atoms with Crippen LogP contribution in [0.1, 0.15) is 108 Å². The Morgan fingerprint density at radius 1 is 0.862 bits per heavy atom. The first-order valence-electron chi connectivity index (χ1n) is 11.9. The summed E-state index contributed by atoms with van der Waals surface area (Å²) in [5.41, 5.74) is 0.952. The maximum Gasteiger partial charge on any atom is 0.220 e. The predicted molar refractivity (Wildman–Crippen MR) is 124 cm³/mol. The van der Waals surface area contributed by atoms with Gasteiger partial charge in [0.1, 0.15) is 0 Å². The maximum absolute atomic E-state index is 12.1. The van der Waals surface area contributed by atoms with Gasteiger partial charge in [0.05, 0.1) is 12.6 Å². The molecule has 2 N–H and O–H groups in total. The smallest absolute Gasteiger partial charge is 0.220 e. The van der Waals surface area contributed by atoms with E-state index in [-0.39, 0.29) is 18.6 Å². The van der Waals surface area contributed by atoms with Crippen molar-refractivity contribution in [1.82, 2.24) is 5.32 Å². The SMILES string of the molecule is CCCCCCCC/C=C\CCCCCCCC(=O)N[C@H](CO)c1ccccc1. The fourth-order valence-corrected chi connectivity index (χ4v) is 3.54. The minimum atomic E-state index is -0.299. The lowest BCUT2D eigenvalue weighted by atomic mass is 10.1. The van der Waals surface area contributed by atoms with Gasteiger partial charge in [0.15, 0.2) is 0 Å². The zero-order chi connectivity index (χ0) is 21.0. The number of rotatable bonds is 18. The molecule has 1 aromatic rings. The van der Waals surface area contributed by atoms with Crippen LogP contribution in [0.25, 0.3) is 0 Å². The second kappa shape index (κ2) is 18.4. The Labute approximate surface area is 179 Å². The third kappa shape index (κ3) is 14.1. The number of hydrogen-bond donors (Lipinski definition) is 2. The Morgan fingerprint density at radius 3 is 2.00 bits per heavy atom. The number of hydrogen-bond acceptors (Lipinski definition) is 2. The first-order chi connectivity index (χ1) is 14.3. The molecule has 0 aromatic heterocycles. The van der Waals surface area contributed by atoms with Crippen LogP contribution in [0.3, 0.4) is 0 Å². The summed E-state index contributed by atoms with van der Waals surface area (Å²) in [6.07, 6.45) is 21.6. The second-order valence-corrected chi connectivity index (χ2v) is 8.05. The fraction of sp³-hybridized carbons (Fsp3) is 0.654. The molecule has 0 saturated carbocycles. The summed E-state index contributed by atoms with van der Waals surface area (Å²) in [6, 6.07) is 9.35. The van der Waals surface area contributed by atoms with Crippen LogP contribution in [0.5, 0.6) is 0 Å². The number of amides is 1. The molecule has 0 saturated heterocycles. The predicted octanol–water partition coefficient (Wildman–Crippen LogP) is 6.87. The first kappa shape index (κ1) is 25.4. The Morgan fingerprint density at radius 2 is 1.41 bits per heavy atom. The van der Waals surface area contributed by atoms with E-state index in [0.717, 1.165) is 18.4 Å². The van der Waals surface area contributed by atoms with Crippen molar-refractivity contribution >= 4 is 5.91 Å². The highest BCUT2D eigenvalue weighted by Crippen LogP contribution is 2.13. The minimum Gasteiger partial charge on any atom is -0.394 e. The monoisotopic (exact) mass is 401 g/mol. The number of aliphatic hydroxyl groups is 1. The van der Waals surface area contributed by atoms with E-state index >= 15 is 0 Å². The molecule has 0 aliphatic rings. The Hall–Kier alpha value is -1.61. The Balaban J connectivity index is 1.93. The number of nitrogens with one attached hydrogen (secondary N) is 1. The van der Waals surface area contributed by atoms with Crippen molar-refractivity contribution in [2.75, 3.05) is 6.61 Å². The fourth-order valence-electron chi connectivity index (χ4n) is 3.54. The van der Waals surface area contributed by atoms with Crippen LogP contribution in [0.4, 0.5) is 0 Å². The summed E-state index contributed by atoms with van der Waals surface area (Å²) < 4.78 is 0. The lowest BCUT2D eigenvalue weighted by Crippen LogP contribution is -2.30. The highest BCUT2D eigenvalue weighted by atomic mass is 16.3. The van der Waals surface area contributed by atoms with Crippen LogP contribution in [-0.2, 0) is 4.79 Å². The largest absolute Gasteiger partial charge is 0.394 e. The van der Waals surface area contributed by atoms with Gasteiger partial charge >= 0.3 is 0 Å². The van der Waals surface area contributed by atoms with Crippen molar-refractivity contribution in [3.63, 3.8) is 0 Å². The van der Waals surface area contributed by atoms with E-state index in [2.05, 4.69) is 24.4 Å². The summed E-state index contributed by atoms with van der Waals surface area (Å²) >= 11 is 0. The van der Waals surface area contributed by atoms with Gasteiger partial charge in [-0.3, -0.25) is 4.79 Å². The van der Waals surface area contributed by atoms with Gasteiger partial charge < -0.3 is 10.4 Å². The second-order valence-electron chi connectivity index (χ2n) is 8.05. The molecular formula is C26H43NO2. The van der Waals surface area contributed by atoms with Crippen molar-refractivity contribution in [2.45, 2.75) is 103 Å². The zero-order valence-electron chi connectivity index (χ0n) is 18.6. The molecule has 0 fully saturated rings. The maximum atomic E-state index is 12.1. The molecule has 0 heterocycles. The summed E-state index contributed by atoms with van der Waals surface area (Å²) in [4.78, 5) is 12.1. The summed E-state index contributed by atoms with van der Waals surface area (Å²) in [7, 11) is 0. The van der Waals surface area contributed by atoms with Gasteiger partial charge in [-0.25, -0.2) is 0 Å². The van der Waals surface area contributed by atoms with Crippen LogP contribution in [-0.4, -0.2) is 17.6 Å². The Bertz CT molecular complexity index is 527. The topological polar surface area (TPSA) is 49.3 Å². The lowest BCUT2D eigenvalue weighted by Gasteiger charge is -2.16. The highest BCUT2D eigenvalue weighted by molar-refractivity contribution is 5.76. The molecule has 1 amide bonds. The molecule has 0 radical (unpaired) electrons.